The Morgan fingerprint density at radius 1 is 0.964 bits per heavy atom. The van der Waals surface area contributed by atoms with Gasteiger partial charge in [0.25, 0.3) is 0 Å². The van der Waals surface area contributed by atoms with E-state index in [1.165, 1.54) is 102 Å². The van der Waals surface area contributed by atoms with Crippen molar-refractivity contribution >= 4 is 20.0 Å². The number of aliphatic hydroxyl groups is 2. The van der Waals surface area contributed by atoms with Crippen LogP contribution in [0.5, 0.6) is 0 Å². The summed E-state index contributed by atoms with van der Waals surface area (Å²) >= 11 is 0. The van der Waals surface area contributed by atoms with E-state index in [0.717, 1.165) is 31.7 Å². The van der Waals surface area contributed by atoms with Gasteiger partial charge in [-0.1, -0.05) is 122 Å². The Labute approximate surface area is 326 Å². The molecular formula is C40H63FN5O8P. The monoisotopic (exact) mass is 791 g/mol. The van der Waals surface area contributed by atoms with Crippen molar-refractivity contribution < 1.29 is 42.6 Å². The van der Waals surface area contributed by atoms with Crippen molar-refractivity contribution in [3.8, 4) is 6.07 Å². The highest BCUT2D eigenvalue weighted by molar-refractivity contribution is 7.47. The first kappa shape index (κ1) is 45.0. The fourth-order valence-corrected chi connectivity index (χ4v) is 8.16. The number of fused-ring (bicyclic) bond motifs is 1. The first-order chi connectivity index (χ1) is 26.6. The Bertz CT molecular complexity index is 1490. The molecule has 0 bridgehead atoms. The zero-order valence-corrected chi connectivity index (χ0v) is 33.4. The van der Waals surface area contributed by atoms with Gasteiger partial charge in [-0.05, 0) is 36.6 Å². The number of hydrogen-bond acceptors (Lipinski definition) is 12. The number of nitriles is 1. The van der Waals surface area contributed by atoms with Gasteiger partial charge in [0, 0.05) is 0 Å². The van der Waals surface area contributed by atoms with Gasteiger partial charge in [0.15, 0.2) is 5.84 Å². The molecule has 55 heavy (non-hydrogen) atoms. The van der Waals surface area contributed by atoms with E-state index in [0.29, 0.717) is 24.1 Å². The number of ether oxygens (including phenoxy) is 2. The second kappa shape index (κ2) is 24.1. The second-order valence-corrected chi connectivity index (χ2v) is 16.5. The van der Waals surface area contributed by atoms with Crippen LogP contribution in [0.4, 0.5) is 4.39 Å². The Balaban J connectivity index is 1.16. The molecular weight excluding hydrogens is 728 g/mol. The Morgan fingerprint density at radius 3 is 2.20 bits per heavy atom. The molecule has 0 aliphatic carbocycles. The van der Waals surface area contributed by atoms with E-state index >= 15 is 0 Å². The average molecular weight is 792 g/mol. The number of amidine groups is 1. The van der Waals surface area contributed by atoms with E-state index in [4.69, 9.17) is 24.3 Å². The molecule has 7 atom stereocenters. The Kier molecular flexibility index (Phi) is 19.7. The smallest absolute Gasteiger partial charge is 0.388 e. The molecule has 3 aliphatic heterocycles. The molecule has 4 rings (SSSR count). The SMILES string of the molecule is CCCCCCCCCCCCCCCCCCC[C@@H](COP(=O)(O)OC[C@H]1O[C@@H](C2CC=C3C(N)=NC=NN32)[C@H](O)[C@@H]1O)OCc1cc(F)cc(C#N)c1. The molecule has 0 spiro atoms. The zero-order chi connectivity index (χ0) is 39.5. The number of halogens is 1. The molecule has 13 nitrogen and oxygen atoms in total. The lowest BCUT2D eigenvalue weighted by molar-refractivity contribution is -0.0504. The summed E-state index contributed by atoms with van der Waals surface area (Å²) < 4.78 is 49.5. The van der Waals surface area contributed by atoms with E-state index in [2.05, 4.69) is 17.0 Å². The van der Waals surface area contributed by atoms with E-state index in [-0.39, 0.29) is 24.6 Å². The number of rotatable bonds is 28. The highest BCUT2D eigenvalue weighted by Crippen LogP contribution is 2.45. The van der Waals surface area contributed by atoms with Crippen LogP contribution in [-0.4, -0.2) is 82.1 Å². The summed E-state index contributed by atoms with van der Waals surface area (Å²) in [6.07, 6.45) is 20.0. The molecule has 1 aromatic rings. The first-order valence-corrected chi connectivity index (χ1v) is 21.9. The molecule has 0 radical (unpaired) electrons. The van der Waals surface area contributed by atoms with Gasteiger partial charge >= 0.3 is 7.82 Å². The molecule has 1 fully saturated rings. The van der Waals surface area contributed by atoms with Gasteiger partial charge in [-0.15, -0.1) is 0 Å². The van der Waals surface area contributed by atoms with Crippen LogP contribution < -0.4 is 5.73 Å². The summed E-state index contributed by atoms with van der Waals surface area (Å²) in [6.45, 7) is 1.44. The van der Waals surface area contributed by atoms with Crippen molar-refractivity contribution in [3.63, 3.8) is 0 Å². The fraction of sp³-hybridized carbons (Fsp3) is 0.725. The fourth-order valence-electron chi connectivity index (χ4n) is 7.40. The lowest BCUT2D eigenvalue weighted by Crippen LogP contribution is -2.46. The number of unbranched alkanes of at least 4 members (excludes halogenated alkanes) is 16. The minimum atomic E-state index is -4.65. The van der Waals surface area contributed by atoms with Crippen LogP contribution in [0.3, 0.4) is 0 Å². The highest BCUT2D eigenvalue weighted by Gasteiger charge is 2.50. The number of phosphoric acid groups is 1. The molecule has 0 aromatic heterocycles. The van der Waals surface area contributed by atoms with E-state index < -0.39 is 56.8 Å². The van der Waals surface area contributed by atoms with Crippen LogP contribution in [0, 0.1) is 17.1 Å². The van der Waals surface area contributed by atoms with Crippen molar-refractivity contribution in [1.82, 2.24) is 5.01 Å². The van der Waals surface area contributed by atoms with Crippen LogP contribution in [0.2, 0.25) is 0 Å². The van der Waals surface area contributed by atoms with Crippen LogP contribution in [0.15, 0.2) is 40.1 Å². The van der Waals surface area contributed by atoms with E-state index in [1.54, 1.807) is 5.01 Å². The molecule has 2 unspecified atom stereocenters. The summed E-state index contributed by atoms with van der Waals surface area (Å²) in [5.74, 6) is -0.277. The highest BCUT2D eigenvalue weighted by atomic mass is 31.2. The number of aliphatic hydroxyl groups excluding tert-OH is 2. The summed E-state index contributed by atoms with van der Waals surface area (Å²) in [5.41, 5.74) is 7.15. The molecule has 3 aliphatic rings. The third-order valence-corrected chi connectivity index (χ3v) is 11.5. The minimum Gasteiger partial charge on any atom is -0.388 e. The van der Waals surface area contributed by atoms with Crippen LogP contribution in [0.1, 0.15) is 140 Å². The number of hydrogen-bond donors (Lipinski definition) is 4. The van der Waals surface area contributed by atoms with Gasteiger partial charge in [0.2, 0.25) is 0 Å². The van der Waals surface area contributed by atoms with Crippen molar-refractivity contribution in [3.05, 3.63) is 46.9 Å². The molecule has 15 heteroatoms. The first-order valence-electron chi connectivity index (χ1n) is 20.4. The predicted molar refractivity (Wildman–Crippen MR) is 209 cm³/mol. The van der Waals surface area contributed by atoms with Gasteiger partial charge in [-0.2, -0.15) is 10.4 Å². The molecule has 1 saturated heterocycles. The number of aliphatic imine (C=N–C) groups is 1. The number of benzene rings is 1. The topological polar surface area (TPSA) is 192 Å². The van der Waals surface area contributed by atoms with E-state index in [1.807, 2.05) is 12.1 Å². The standard InChI is InChI=1S/C40H63FN5O8P/c1-2-3-4-5-6-7-8-9-10-11-12-13-14-15-16-17-18-19-33(51-26-31-22-30(25-42)23-32(41)24-31)27-52-55(49,50)53-28-36-37(47)38(48)39(54-36)34-20-21-35-40(43)44-29-45-46(34)35/h21-24,29,33-34,36-39,47-48H,2-20,26-28H2,1H3,(H,49,50)(H2,43,44,45)/t33-,34?,36+,37+,38+,39-/m0/s1. The summed E-state index contributed by atoms with van der Waals surface area (Å²) in [5, 5.41) is 36.5. The quantitative estimate of drug-likeness (QED) is 0.0485. The van der Waals surface area contributed by atoms with Gasteiger partial charge < -0.3 is 30.3 Å². The predicted octanol–water partition coefficient (Wildman–Crippen LogP) is 7.52. The van der Waals surface area contributed by atoms with E-state index in [9.17, 15) is 29.3 Å². The second-order valence-electron chi connectivity index (χ2n) is 15.0. The third kappa shape index (κ3) is 15.3. The lowest BCUT2D eigenvalue weighted by atomic mass is 10.0. The number of hydrazone groups is 1. The Hall–Kier alpha value is -2.73. The largest absolute Gasteiger partial charge is 0.472 e. The lowest BCUT2D eigenvalue weighted by Gasteiger charge is -2.31. The normalized spacial score (nSPS) is 23.6. The van der Waals surface area contributed by atoms with Gasteiger partial charge in [0.1, 0.15) is 36.6 Å². The zero-order valence-electron chi connectivity index (χ0n) is 32.5. The molecule has 5 N–H and O–H groups in total. The van der Waals surface area contributed by atoms with Crippen LogP contribution in [0.25, 0.3) is 0 Å². The van der Waals surface area contributed by atoms with Crippen molar-refractivity contribution in [1.29, 1.82) is 5.26 Å². The Morgan fingerprint density at radius 2 is 1.58 bits per heavy atom. The molecule has 1 aromatic carbocycles. The van der Waals surface area contributed by atoms with Crippen LogP contribution in [-0.2, 0) is 29.7 Å². The number of nitrogens with two attached hydrogens (primary N) is 1. The average Bonchev–Trinajstić information content (AvgIpc) is 3.73. The number of phosphoric ester groups is 1. The van der Waals surface area contributed by atoms with Crippen molar-refractivity contribution in [2.75, 3.05) is 13.2 Å². The van der Waals surface area contributed by atoms with Crippen molar-refractivity contribution in [2.45, 2.75) is 172 Å². The van der Waals surface area contributed by atoms with Crippen LogP contribution >= 0.6 is 7.82 Å². The van der Waals surface area contributed by atoms with Gasteiger partial charge in [0.05, 0.1) is 49.3 Å². The maximum atomic E-state index is 14.1. The third-order valence-electron chi connectivity index (χ3n) is 10.6. The summed E-state index contributed by atoms with van der Waals surface area (Å²) in [6, 6.07) is 5.42. The summed E-state index contributed by atoms with van der Waals surface area (Å²) in [7, 11) is -4.65. The molecule has 308 valence electrons. The summed E-state index contributed by atoms with van der Waals surface area (Å²) in [4.78, 5) is 14.5. The minimum absolute atomic E-state index is 0.0201. The number of nitrogens with zero attached hydrogens (tertiary/aromatic N) is 4. The maximum absolute atomic E-state index is 14.1. The van der Waals surface area contributed by atoms with Gasteiger partial charge in [-0.25, -0.2) is 13.9 Å². The molecule has 0 amide bonds. The molecule has 0 saturated carbocycles. The van der Waals surface area contributed by atoms with Crippen molar-refractivity contribution in [2.24, 2.45) is 15.8 Å². The van der Waals surface area contributed by atoms with Gasteiger partial charge in [-0.3, -0.25) is 14.1 Å². The maximum Gasteiger partial charge on any atom is 0.472 e. The molecule has 3 heterocycles.